The van der Waals surface area contributed by atoms with Gasteiger partial charge in [0.25, 0.3) is 0 Å². The standard InChI is InChI=1S/C9H17NS/c10-7-3-1-5-9-6-2-4-8-11-9/h1,5,9H,2-4,6-8,10H2/b5-1-. The van der Waals surface area contributed by atoms with Gasteiger partial charge in [-0.05, 0) is 31.6 Å². The summed E-state index contributed by atoms with van der Waals surface area (Å²) in [6.45, 7) is 0.786. The van der Waals surface area contributed by atoms with E-state index in [1.54, 1.807) is 0 Å². The molecule has 0 spiro atoms. The fourth-order valence-corrected chi connectivity index (χ4v) is 2.49. The molecule has 64 valence electrons. The Morgan fingerprint density at radius 1 is 1.45 bits per heavy atom. The Balaban J connectivity index is 2.13. The second-order valence-electron chi connectivity index (χ2n) is 2.91. The molecular weight excluding hydrogens is 154 g/mol. The van der Waals surface area contributed by atoms with Gasteiger partial charge in [0, 0.05) is 5.25 Å². The Kier molecular flexibility index (Phi) is 4.71. The van der Waals surface area contributed by atoms with Crippen LogP contribution in [0.5, 0.6) is 0 Å². The summed E-state index contributed by atoms with van der Waals surface area (Å²) >= 11 is 2.09. The molecule has 1 saturated heterocycles. The Labute approximate surface area is 73.4 Å². The molecule has 1 aliphatic rings. The summed E-state index contributed by atoms with van der Waals surface area (Å²) in [6.07, 6.45) is 9.78. The predicted octanol–water partition coefficient (Wildman–Crippen LogP) is 2.18. The van der Waals surface area contributed by atoms with Crippen molar-refractivity contribution in [1.82, 2.24) is 0 Å². The van der Waals surface area contributed by atoms with Gasteiger partial charge >= 0.3 is 0 Å². The van der Waals surface area contributed by atoms with Gasteiger partial charge in [-0.1, -0.05) is 18.6 Å². The summed E-state index contributed by atoms with van der Waals surface area (Å²) in [5.41, 5.74) is 5.39. The van der Waals surface area contributed by atoms with E-state index < -0.39 is 0 Å². The van der Waals surface area contributed by atoms with Gasteiger partial charge in [-0.25, -0.2) is 0 Å². The minimum Gasteiger partial charge on any atom is -0.330 e. The highest BCUT2D eigenvalue weighted by Crippen LogP contribution is 2.25. The molecule has 0 amide bonds. The zero-order chi connectivity index (χ0) is 7.94. The lowest BCUT2D eigenvalue weighted by molar-refractivity contribution is 0.718. The predicted molar refractivity (Wildman–Crippen MR) is 52.9 cm³/mol. The molecule has 11 heavy (non-hydrogen) atoms. The maximum atomic E-state index is 5.39. The largest absolute Gasteiger partial charge is 0.330 e. The Hall–Kier alpha value is 0.0500. The van der Waals surface area contributed by atoms with Crippen molar-refractivity contribution in [3.8, 4) is 0 Å². The van der Waals surface area contributed by atoms with Crippen LogP contribution in [0.4, 0.5) is 0 Å². The summed E-state index contributed by atoms with van der Waals surface area (Å²) < 4.78 is 0. The van der Waals surface area contributed by atoms with Crippen LogP contribution in [0, 0.1) is 0 Å². The second kappa shape index (κ2) is 5.67. The van der Waals surface area contributed by atoms with Crippen LogP contribution in [0.3, 0.4) is 0 Å². The molecule has 0 bridgehead atoms. The topological polar surface area (TPSA) is 26.0 Å². The van der Waals surface area contributed by atoms with Gasteiger partial charge in [-0.3, -0.25) is 0 Å². The minimum absolute atomic E-state index is 0.786. The SMILES string of the molecule is NCC/C=C\C1CCCCS1. The third-order valence-corrected chi connectivity index (χ3v) is 3.24. The smallest absolute Gasteiger partial charge is 0.0227 e. The van der Waals surface area contributed by atoms with Crippen molar-refractivity contribution in [2.75, 3.05) is 12.3 Å². The lowest BCUT2D eigenvalue weighted by atomic mass is 10.2. The van der Waals surface area contributed by atoms with E-state index in [9.17, 15) is 0 Å². The Bertz CT molecular complexity index is 117. The second-order valence-corrected chi connectivity index (χ2v) is 4.26. The van der Waals surface area contributed by atoms with E-state index >= 15 is 0 Å². The van der Waals surface area contributed by atoms with Crippen LogP contribution in [0.2, 0.25) is 0 Å². The number of hydrogen-bond acceptors (Lipinski definition) is 2. The maximum Gasteiger partial charge on any atom is 0.0227 e. The van der Waals surface area contributed by atoms with Crippen molar-refractivity contribution >= 4 is 11.8 Å². The zero-order valence-corrected chi connectivity index (χ0v) is 7.78. The summed E-state index contributed by atoms with van der Waals surface area (Å²) in [4.78, 5) is 0. The highest BCUT2D eigenvalue weighted by Gasteiger charge is 2.09. The van der Waals surface area contributed by atoms with Crippen LogP contribution in [-0.4, -0.2) is 17.5 Å². The third kappa shape index (κ3) is 3.82. The zero-order valence-electron chi connectivity index (χ0n) is 6.96. The molecule has 1 fully saturated rings. The quantitative estimate of drug-likeness (QED) is 0.659. The first kappa shape index (κ1) is 9.14. The van der Waals surface area contributed by atoms with E-state index in [1.165, 1.54) is 25.0 Å². The average molecular weight is 171 g/mol. The van der Waals surface area contributed by atoms with Crippen LogP contribution in [-0.2, 0) is 0 Å². The first-order chi connectivity index (χ1) is 5.43. The molecule has 1 atom stereocenters. The van der Waals surface area contributed by atoms with Gasteiger partial charge in [0.15, 0.2) is 0 Å². The molecule has 2 N–H and O–H groups in total. The fourth-order valence-electron chi connectivity index (χ4n) is 1.26. The number of thioether (sulfide) groups is 1. The van der Waals surface area contributed by atoms with Crippen LogP contribution >= 0.6 is 11.8 Å². The molecule has 2 heteroatoms. The van der Waals surface area contributed by atoms with E-state index in [2.05, 4.69) is 23.9 Å². The monoisotopic (exact) mass is 171 g/mol. The van der Waals surface area contributed by atoms with Crippen molar-refractivity contribution in [1.29, 1.82) is 0 Å². The molecular formula is C9H17NS. The summed E-state index contributed by atoms with van der Waals surface area (Å²) in [6, 6.07) is 0. The number of hydrogen-bond donors (Lipinski definition) is 1. The maximum absolute atomic E-state index is 5.39. The molecule has 1 rings (SSSR count). The lowest BCUT2D eigenvalue weighted by Gasteiger charge is -2.17. The normalized spacial score (nSPS) is 26.1. The molecule has 0 aromatic heterocycles. The molecule has 1 aliphatic heterocycles. The first-order valence-corrected chi connectivity index (χ1v) is 5.46. The van der Waals surface area contributed by atoms with E-state index in [4.69, 9.17) is 5.73 Å². The van der Waals surface area contributed by atoms with Crippen molar-refractivity contribution < 1.29 is 0 Å². The molecule has 1 unspecified atom stereocenters. The fraction of sp³-hybridized carbons (Fsp3) is 0.778. The Morgan fingerprint density at radius 3 is 3.00 bits per heavy atom. The van der Waals surface area contributed by atoms with Gasteiger partial charge in [-0.2, -0.15) is 11.8 Å². The first-order valence-electron chi connectivity index (χ1n) is 4.42. The van der Waals surface area contributed by atoms with Crippen molar-refractivity contribution in [2.24, 2.45) is 5.73 Å². The third-order valence-electron chi connectivity index (χ3n) is 1.90. The van der Waals surface area contributed by atoms with E-state index in [1.807, 2.05) is 0 Å². The van der Waals surface area contributed by atoms with Crippen molar-refractivity contribution in [2.45, 2.75) is 30.9 Å². The van der Waals surface area contributed by atoms with Gasteiger partial charge in [0.1, 0.15) is 0 Å². The van der Waals surface area contributed by atoms with Gasteiger partial charge in [0.05, 0.1) is 0 Å². The minimum atomic E-state index is 0.786. The van der Waals surface area contributed by atoms with Crippen LogP contribution in [0.1, 0.15) is 25.7 Å². The number of rotatable bonds is 3. The lowest BCUT2D eigenvalue weighted by Crippen LogP contribution is -2.06. The van der Waals surface area contributed by atoms with Crippen molar-refractivity contribution in [3.63, 3.8) is 0 Å². The van der Waals surface area contributed by atoms with Crippen LogP contribution < -0.4 is 5.73 Å². The highest BCUT2D eigenvalue weighted by molar-refractivity contribution is 8.00. The van der Waals surface area contributed by atoms with Gasteiger partial charge < -0.3 is 5.73 Å². The van der Waals surface area contributed by atoms with E-state index in [0.717, 1.165) is 18.2 Å². The van der Waals surface area contributed by atoms with Crippen LogP contribution in [0.15, 0.2) is 12.2 Å². The number of nitrogens with two attached hydrogens (primary N) is 1. The molecule has 0 aliphatic carbocycles. The summed E-state index contributed by atoms with van der Waals surface area (Å²) in [5.74, 6) is 1.34. The molecule has 1 heterocycles. The highest BCUT2D eigenvalue weighted by atomic mass is 32.2. The average Bonchev–Trinajstić information content (AvgIpc) is 2.07. The van der Waals surface area contributed by atoms with E-state index in [0.29, 0.717) is 0 Å². The van der Waals surface area contributed by atoms with Crippen molar-refractivity contribution in [3.05, 3.63) is 12.2 Å². The molecule has 0 radical (unpaired) electrons. The van der Waals surface area contributed by atoms with E-state index in [-0.39, 0.29) is 0 Å². The van der Waals surface area contributed by atoms with Gasteiger partial charge in [-0.15, -0.1) is 0 Å². The molecule has 1 nitrogen and oxygen atoms in total. The molecule has 0 aromatic carbocycles. The summed E-state index contributed by atoms with van der Waals surface area (Å²) in [5, 5.41) is 0.787. The van der Waals surface area contributed by atoms with Crippen LogP contribution in [0.25, 0.3) is 0 Å². The molecule has 0 aromatic rings. The Morgan fingerprint density at radius 2 is 2.36 bits per heavy atom. The van der Waals surface area contributed by atoms with Gasteiger partial charge in [0.2, 0.25) is 0 Å². The summed E-state index contributed by atoms with van der Waals surface area (Å²) in [7, 11) is 0. The molecule has 0 saturated carbocycles.